The highest BCUT2D eigenvalue weighted by Crippen LogP contribution is 2.24. The Kier molecular flexibility index (Phi) is 3.00. The molecule has 4 aromatic rings. The molecule has 0 bridgehead atoms. The van der Waals surface area contributed by atoms with E-state index in [-0.39, 0.29) is 0 Å². The monoisotopic (exact) mass is 288 g/mol. The smallest absolute Gasteiger partial charge is 0.157 e. The zero-order chi connectivity index (χ0) is 14.9. The van der Waals surface area contributed by atoms with Crippen LogP contribution in [0.3, 0.4) is 0 Å². The molecule has 0 saturated heterocycles. The number of aromatic nitrogens is 3. The summed E-state index contributed by atoms with van der Waals surface area (Å²) < 4.78 is 2.06. The van der Waals surface area contributed by atoms with E-state index in [2.05, 4.69) is 52.0 Å². The first-order chi connectivity index (χ1) is 10.8. The number of benzene rings is 2. The van der Waals surface area contributed by atoms with Gasteiger partial charge in [0.15, 0.2) is 5.82 Å². The second kappa shape index (κ2) is 5.15. The van der Waals surface area contributed by atoms with Crippen molar-refractivity contribution in [2.75, 3.05) is 5.32 Å². The zero-order valence-electron chi connectivity index (χ0n) is 12.3. The molecule has 0 atom stereocenters. The number of anilines is 2. The van der Waals surface area contributed by atoms with E-state index in [0.717, 1.165) is 34.5 Å². The van der Waals surface area contributed by atoms with E-state index in [0.29, 0.717) is 0 Å². The number of aryl methyl sites for hydroxylation is 1. The molecule has 4 heteroatoms. The molecule has 0 aliphatic carbocycles. The Morgan fingerprint density at radius 3 is 2.64 bits per heavy atom. The van der Waals surface area contributed by atoms with Gasteiger partial charge in [-0.25, -0.2) is 9.97 Å². The van der Waals surface area contributed by atoms with Crippen LogP contribution in [0.4, 0.5) is 11.5 Å². The molecule has 22 heavy (non-hydrogen) atoms. The van der Waals surface area contributed by atoms with E-state index < -0.39 is 0 Å². The van der Waals surface area contributed by atoms with Gasteiger partial charge in [0, 0.05) is 5.69 Å². The molecule has 108 valence electrons. The first-order valence-corrected chi connectivity index (χ1v) is 7.42. The van der Waals surface area contributed by atoms with E-state index in [4.69, 9.17) is 4.98 Å². The maximum absolute atomic E-state index is 4.74. The second-order valence-corrected chi connectivity index (χ2v) is 5.27. The molecule has 2 aromatic heterocycles. The Bertz CT molecular complexity index is 938. The summed E-state index contributed by atoms with van der Waals surface area (Å²) in [6.07, 6.45) is 4.70. The Morgan fingerprint density at radius 2 is 1.82 bits per heavy atom. The standard InChI is InChI=1S/C18H16N4/c1-2-13-7-9-14(10-8-13)20-18-17-11-19-12-22(17)16-6-4-3-5-15(16)21-18/h3-12H,2H2,1H3,(H,20,21). The van der Waals surface area contributed by atoms with Crippen LogP contribution in [-0.2, 0) is 6.42 Å². The quantitative estimate of drug-likeness (QED) is 0.614. The van der Waals surface area contributed by atoms with Crippen molar-refractivity contribution in [1.82, 2.24) is 14.4 Å². The molecule has 4 rings (SSSR count). The van der Waals surface area contributed by atoms with Crippen LogP contribution in [0.2, 0.25) is 0 Å². The first kappa shape index (κ1) is 12.8. The summed E-state index contributed by atoms with van der Waals surface area (Å²) >= 11 is 0. The van der Waals surface area contributed by atoms with Crippen LogP contribution < -0.4 is 5.32 Å². The van der Waals surface area contributed by atoms with Crippen LogP contribution >= 0.6 is 0 Å². The minimum absolute atomic E-state index is 0.820. The predicted octanol–water partition coefficient (Wildman–Crippen LogP) is 4.19. The van der Waals surface area contributed by atoms with Crippen molar-refractivity contribution in [3.63, 3.8) is 0 Å². The molecular weight excluding hydrogens is 272 g/mol. The van der Waals surface area contributed by atoms with Crippen molar-refractivity contribution < 1.29 is 0 Å². The summed E-state index contributed by atoms with van der Waals surface area (Å²) in [5.74, 6) is 0.820. The van der Waals surface area contributed by atoms with Crippen LogP contribution in [0.1, 0.15) is 12.5 Å². The Labute approximate surface area is 128 Å². The molecule has 0 spiro atoms. The number of hydrogen-bond donors (Lipinski definition) is 1. The van der Waals surface area contributed by atoms with Gasteiger partial charge in [-0.2, -0.15) is 0 Å². The average molecular weight is 288 g/mol. The molecule has 2 heterocycles. The number of hydrogen-bond acceptors (Lipinski definition) is 3. The lowest BCUT2D eigenvalue weighted by Crippen LogP contribution is -1.99. The third-order valence-corrected chi connectivity index (χ3v) is 3.88. The molecule has 1 N–H and O–H groups in total. The molecule has 0 amide bonds. The number of rotatable bonds is 3. The molecule has 0 unspecified atom stereocenters. The SMILES string of the molecule is CCc1ccc(Nc2nc3ccccc3n3cncc23)cc1. The zero-order valence-corrected chi connectivity index (χ0v) is 12.3. The maximum atomic E-state index is 4.74. The summed E-state index contributed by atoms with van der Waals surface area (Å²) in [6, 6.07) is 16.5. The topological polar surface area (TPSA) is 42.2 Å². The molecule has 0 aliphatic heterocycles. The summed E-state index contributed by atoms with van der Waals surface area (Å²) in [7, 11) is 0. The van der Waals surface area contributed by atoms with Gasteiger partial charge in [-0.15, -0.1) is 0 Å². The van der Waals surface area contributed by atoms with Crippen molar-refractivity contribution in [3.05, 3.63) is 66.6 Å². The van der Waals surface area contributed by atoms with Crippen LogP contribution in [0, 0.1) is 0 Å². The van der Waals surface area contributed by atoms with Gasteiger partial charge in [-0.05, 0) is 36.2 Å². The molecule has 0 fully saturated rings. The lowest BCUT2D eigenvalue weighted by Gasteiger charge is -2.10. The fourth-order valence-corrected chi connectivity index (χ4v) is 2.65. The molecule has 4 nitrogen and oxygen atoms in total. The van der Waals surface area contributed by atoms with Crippen LogP contribution in [-0.4, -0.2) is 14.4 Å². The van der Waals surface area contributed by atoms with Gasteiger partial charge in [0.25, 0.3) is 0 Å². The van der Waals surface area contributed by atoms with E-state index in [1.54, 1.807) is 0 Å². The van der Waals surface area contributed by atoms with Crippen LogP contribution in [0.15, 0.2) is 61.1 Å². The van der Waals surface area contributed by atoms with Gasteiger partial charge < -0.3 is 5.32 Å². The fraction of sp³-hybridized carbons (Fsp3) is 0.111. The summed E-state index contributed by atoms with van der Waals surface area (Å²) in [4.78, 5) is 9.01. The highest BCUT2D eigenvalue weighted by Gasteiger charge is 2.08. The second-order valence-electron chi connectivity index (χ2n) is 5.27. The maximum Gasteiger partial charge on any atom is 0.157 e. The van der Waals surface area contributed by atoms with E-state index in [1.807, 2.05) is 30.7 Å². The number of fused-ring (bicyclic) bond motifs is 3. The molecule has 0 saturated carbocycles. The van der Waals surface area contributed by atoms with Crippen molar-refractivity contribution in [2.45, 2.75) is 13.3 Å². The predicted molar refractivity (Wildman–Crippen MR) is 89.6 cm³/mol. The van der Waals surface area contributed by atoms with E-state index in [1.165, 1.54) is 5.56 Å². The van der Waals surface area contributed by atoms with Gasteiger partial charge in [0.1, 0.15) is 5.52 Å². The third-order valence-electron chi connectivity index (χ3n) is 3.88. The van der Waals surface area contributed by atoms with Crippen LogP contribution in [0.25, 0.3) is 16.6 Å². The largest absolute Gasteiger partial charge is 0.338 e. The summed E-state index contributed by atoms with van der Waals surface area (Å²) in [6.45, 7) is 2.16. The highest BCUT2D eigenvalue weighted by molar-refractivity contribution is 5.85. The lowest BCUT2D eigenvalue weighted by atomic mass is 10.1. The van der Waals surface area contributed by atoms with Crippen molar-refractivity contribution in [3.8, 4) is 0 Å². The van der Waals surface area contributed by atoms with Gasteiger partial charge in [-0.3, -0.25) is 4.40 Å². The minimum atomic E-state index is 0.820. The normalized spacial score (nSPS) is 11.1. The molecule has 2 aromatic carbocycles. The first-order valence-electron chi connectivity index (χ1n) is 7.42. The van der Waals surface area contributed by atoms with Crippen molar-refractivity contribution >= 4 is 28.1 Å². The molecular formula is C18H16N4. The average Bonchev–Trinajstić information content (AvgIpc) is 3.06. The van der Waals surface area contributed by atoms with Gasteiger partial charge >= 0.3 is 0 Å². The Balaban J connectivity index is 1.83. The summed E-state index contributed by atoms with van der Waals surface area (Å²) in [5, 5.41) is 3.40. The van der Waals surface area contributed by atoms with Gasteiger partial charge in [-0.1, -0.05) is 31.2 Å². The minimum Gasteiger partial charge on any atom is -0.338 e. The Morgan fingerprint density at radius 1 is 1.00 bits per heavy atom. The fourth-order valence-electron chi connectivity index (χ4n) is 2.65. The van der Waals surface area contributed by atoms with E-state index >= 15 is 0 Å². The number of para-hydroxylation sites is 2. The number of nitrogens with zero attached hydrogens (tertiary/aromatic N) is 3. The third kappa shape index (κ3) is 2.09. The Hall–Kier alpha value is -2.88. The number of nitrogens with one attached hydrogen (secondary N) is 1. The highest BCUT2D eigenvalue weighted by atomic mass is 15.1. The van der Waals surface area contributed by atoms with Crippen molar-refractivity contribution in [1.29, 1.82) is 0 Å². The van der Waals surface area contributed by atoms with Gasteiger partial charge in [0.2, 0.25) is 0 Å². The number of imidazole rings is 1. The van der Waals surface area contributed by atoms with Gasteiger partial charge in [0.05, 0.1) is 23.6 Å². The van der Waals surface area contributed by atoms with Crippen molar-refractivity contribution in [2.24, 2.45) is 0 Å². The van der Waals surface area contributed by atoms with E-state index in [9.17, 15) is 0 Å². The molecule has 0 aliphatic rings. The van der Waals surface area contributed by atoms with Crippen LogP contribution in [0.5, 0.6) is 0 Å². The molecule has 0 radical (unpaired) electrons. The summed E-state index contributed by atoms with van der Waals surface area (Å²) in [5.41, 5.74) is 5.33. The lowest BCUT2D eigenvalue weighted by molar-refractivity contribution is 1.14.